The summed E-state index contributed by atoms with van der Waals surface area (Å²) < 4.78 is 2.77. The number of fused-ring (bicyclic) bond motifs is 1. The number of anilines is 1. The molecule has 4 rings (SSSR count). The van der Waals surface area contributed by atoms with E-state index in [4.69, 9.17) is 5.73 Å². The SMILES string of the molecule is CCN1C(=O)[C@H](N)[C@@H](c2ccccc2Br)c2cnn(-c3ccccc3)c21. The fourth-order valence-electron chi connectivity index (χ4n) is 3.62. The third-order valence-corrected chi connectivity index (χ3v) is 5.55. The van der Waals surface area contributed by atoms with Crippen LogP contribution in [-0.4, -0.2) is 28.3 Å². The number of aromatic nitrogens is 2. The van der Waals surface area contributed by atoms with E-state index >= 15 is 0 Å². The van der Waals surface area contributed by atoms with Crippen molar-refractivity contribution in [3.63, 3.8) is 0 Å². The Bertz CT molecular complexity index is 953. The van der Waals surface area contributed by atoms with Crippen LogP contribution in [0.5, 0.6) is 0 Å². The second-order valence-corrected chi connectivity index (χ2v) is 7.13. The highest BCUT2D eigenvalue weighted by Crippen LogP contribution is 2.42. The lowest BCUT2D eigenvalue weighted by atomic mass is 9.83. The molecule has 1 aliphatic heterocycles. The molecule has 0 saturated heterocycles. The van der Waals surface area contributed by atoms with Crippen LogP contribution in [-0.2, 0) is 4.79 Å². The summed E-state index contributed by atoms with van der Waals surface area (Å²) in [4.78, 5) is 14.8. The van der Waals surface area contributed by atoms with E-state index in [9.17, 15) is 4.79 Å². The average Bonchev–Trinajstić information content (AvgIpc) is 3.09. The van der Waals surface area contributed by atoms with E-state index in [-0.39, 0.29) is 11.8 Å². The van der Waals surface area contributed by atoms with E-state index < -0.39 is 6.04 Å². The smallest absolute Gasteiger partial charge is 0.246 e. The lowest BCUT2D eigenvalue weighted by Gasteiger charge is -2.36. The topological polar surface area (TPSA) is 64.2 Å². The van der Waals surface area contributed by atoms with Gasteiger partial charge in [-0.1, -0.05) is 52.3 Å². The van der Waals surface area contributed by atoms with Crippen LogP contribution in [0.15, 0.2) is 65.3 Å². The zero-order valence-electron chi connectivity index (χ0n) is 14.3. The maximum Gasteiger partial charge on any atom is 0.246 e. The Balaban J connectivity index is 1.95. The number of nitrogens with zero attached hydrogens (tertiary/aromatic N) is 3. The molecule has 0 bridgehead atoms. The van der Waals surface area contributed by atoms with Gasteiger partial charge in [0.25, 0.3) is 0 Å². The molecule has 0 radical (unpaired) electrons. The van der Waals surface area contributed by atoms with Crippen molar-refractivity contribution in [1.82, 2.24) is 9.78 Å². The summed E-state index contributed by atoms with van der Waals surface area (Å²) >= 11 is 3.61. The second kappa shape index (κ2) is 6.70. The standard InChI is InChI=1S/C20H19BrN4O/c1-2-24-19-15(12-23-25(19)13-8-4-3-5-9-13)17(18(22)20(24)26)14-10-6-7-11-16(14)21/h3-12,17-18H,2,22H2,1H3/t17-,18+/m0/s1. The van der Waals surface area contributed by atoms with Crippen molar-refractivity contribution in [2.45, 2.75) is 18.9 Å². The molecule has 132 valence electrons. The zero-order valence-corrected chi connectivity index (χ0v) is 15.9. The highest BCUT2D eigenvalue weighted by molar-refractivity contribution is 9.10. The molecule has 0 aliphatic carbocycles. The first kappa shape index (κ1) is 17.0. The van der Waals surface area contributed by atoms with Gasteiger partial charge in [0.05, 0.1) is 17.9 Å². The molecule has 0 fully saturated rings. The molecular formula is C20H19BrN4O. The van der Waals surface area contributed by atoms with E-state index in [1.165, 1.54) is 0 Å². The molecule has 2 aromatic carbocycles. The van der Waals surface area contributed by atoms with Gasteiger partial charge in [0.1, 0.15) is 5.82 Å². The number of para-hydroxylation sites is 1. The summed E-state index contributed by atoms with van der Waals surface area (Å²) in [6.45, 7) is 2.50. The van der Waals surface area contributed by atoms with Gasteiger partial charge >= 0.3 is 0 Å². The van der Waals surface area contributed by atoms with Gasteiger partial charge in [-0.3, -0.25) is 9.69 Å². The van der Waals surface area contributed by atoms with E-state index in [0.717, 1.165) is 27.1 Å². The fourth-order valence-corrected chi connectivity index (χ4v) is 4.15. The van der Waals surface area contributed by atoms with Gasteiger partial charge in [0, 0.05) is 22.5 Å². The summed E-state index contributed by atoms with van der Waals surface area (Å²) in [6, 6.07) is 17.1. The molecule has 5 nitrogen and oxygen atoms in total. The van der Waals surface area contributed by atoms with Crippen LogP contribution in [0.25, 0.3) is 5.69 Å². The molecule has 3 aromatic rings. The molecule has 1 aliphatic rings. The number of carbonyl (C=O) groups excluding carboxylic acids is 1. The number of rotatable bonds is 3. The highest BCUT2D eigenvalue weighted by atomic mass is 79.9. The molecule has 2 atom stereocenters. The predicted molar refractivity (Wildman–Crippen MR) is 106 cm³/mol. The van der Waals surface area contributed by atoms with Crippen LogP contribution >= 0.6 is 15.9 Å². The van der Waals surface area contributed by atoms with E-state index in [1.54, 1.807) is 4.90 Å². The fraction of sp³-hybridized carbons (Fsp3) is 0.200. The number of carbonyl (C=O) groups is 1. The van der Waals surface area contributed by atoms with Crippen LogP contribution in [0.3, 0.4) is 0 Å². The molecule has 2 heterocycles. The van der Waals surface area contributed by atoms with Gasteiger partial charge in [0.2, 0.25) is 5.91 Å². The highest BCUT2D eigenvalue weighted by Gasteiger charge is 2.41. The van der Waals surface area contributed by atoms with Gasteiger partial charge in [-0.05, 0) is 30.7 Å². The van der Waals surface area contributed by atoms with Crippen molar-refractivity contribution in [2.75, 3.05) is 11.4 Å². The van der Waals surface area contributed by atoms with Crippen molar-refractivity contribution in [3.05, 3.63) is 76.4 Å². The second-order valence-electron chi connectivity index (χ2n) is 6.28. The average molecular weight is 411 g/mol. The Hall–Kier alpha value is -2.44. The summed E-state index contributed by atoms with van der Waals surface area (Å²) in [5.41, 5.74) is 9.29. The molecule has 26 heavy (non-hydrogen) atoms. The maximum absolute atomic E-state index is 13.0. The Morgan fingerprint density at radius 3 is 2.46 bits per heavy atom. The first-order valence-electron chi connectivity index (χ1n) is 8.58. The van der Waals surface area contributed by atoms with E-state index in [1.807, 2.05) is 72.4 Å². The van der Waals surface area contributed by atoms with Gasteiger partial charge in [-0.25, -0.2) is 4.68 Å². The number of likely N-dealkylation sites (N-methyl/N-ethyl adjacent to an activating group) is 1. The molecule has 2 N–H and O–H groups in total. The lowest BCUT2D eigenvalue weighted by molar-refractivity contribution is -0.120. The van der Waals surface area contributed by atoms with Crippen LogP contribution < -0.4 is 10.6 Å². The van der Waals surface area contributed by atoms with Crippen molar-refractivity contribution < 1.29 is 4.79 Å². The minimum Gasteiger partial charge on any atom is -0.319 e. The number of amides is 1. The molecule has 0 saturated carbocycles. The number of hydrogen-bond acceptors (Lipinski definition) is 3. The predicted octanol–water partition coefficient (Wildman–Crippen LogP) is 3.46. The monoisotopic (exact) mass is 410 g/mol. The van der Waals surface area contributed by atoms with Gasteiger partial charge in [-0.2, -0.15) is 5.10 Å². The Labute approximate surface area is 160 Å². The maximum atomic E-state index is 13.0. The summed E-state index contributed by atoms with van der Waals surface area (Å²) in [7, 11) is 0. The van der Waals surface area contributed by atoms with Gasteiger partial charge < -0.3 is 5.73 Å². The molecule has 1 amide bonds. The summed E-state index contributed by atoms with van der Waals surface area (Å²) in [5.74, 6) is 0.470. The van der Waals surface area contributed by atoms with Crippen molar-refractivity contribution in [1.29, 1.82) is 0 Å². The van der Waals surface area contributed by atoms with Crippen LogP contribution in [0.2, 0.25) is 0 Å². The Morgan fingerprint density at radius 2 is 1.77 bits per heavy atom. The molecule has 0 spiro atoms. The van der Waals surface area contributed by atoms with Crippen molar-refractivity contribution >= 4 is 27.7 Å². The Morgan fingerprint density at radius 1 is 1.08 bits per heavy atom. The van der Waals surface area contributed by atoms with Crippen LogP contribution in [0, 0.1) is 0 Å². The molecular weight excluding hydrogens is 392 g/mol. The third kappa shape index (κ3) is 2.57. The lowest BCUT2D eigenvalue weighted by Crippen LogP contribution is -2.51. The first-order valence-corrected chi connectivity index (χ1v) is 9.37. The number of halogens is 1. The molecule has 0 unspecified atom stereocenters. The van der Waals surface area contributed by atoms with Crippen LogP contribution in [0.4, 0.5) is 5.82 Å². The first-order chi connectivity index (χ1) is 12.6. The normalized spacial score (nSPS) is 19.5. The zero-order chi connectivity index (χ0) is 18.3. The van der Waals surface area contributed by atoms with Crippen LogP contribution in [0.1, 0.15) is 24.0 Å². The summed E-state index contributed by atoms with van der Waals surface area (Å²) in [6.07, 6.45) is 1.83. The van der Waals surface area contributed by atoms with Gasteiger partial charge in [-0.15, -0.1) is 0 Å². The van der Waals surface area contributed by atoms with Gasteiger partial charge in [0.15, 0.2) is 0 Å². The third-order valence-electron chi connectivity index (χ3n) is 4.83. The largest absolute Gasteiger partial charge is 0.319 e. The quantitative estimate of drug-likeness (QED) is 0.718. The number of benzene rings is 2. The van der Waals surface area contributed by atoms with Crippen molar-refractivity contribution in [3.8, 4) is 5.69 Å². The molecule has 6 heteroatoms. The van der Waals surface area contributed by atoms with Crippen molar-refractivity contribution in [2.24, 2.45) is 5.73 Å². The summed E-state index contributed by atoms with van der Waals surface area (Å²) in [5, 5.41) is 4.59. The van der Waals surface area contributed by atoms with E-state index in [2.05, 4.69) is 21.0 Å². The number of hydrogen-bond donors (Lipinski definition) is 1. The Kier molecular flexibility index (Phi) is 4.38. The number of nitrogens with two attached hydrogens (primary N) is 1. The molecule has 1 aromatic heterocycles. The van der Waals surface area contributed by atoms with E-state index in [0.29, 0.717) is 6.54 Å². The minimum atomic E-state index is -0.644. The minimum absolute atomic E-state index is 0.0848.